The molecule has 0 fully saturated rings. The van der Waals surface area contributed by atoms with E-state index in [1.54, 1.807) is 12.4 Å². The van der Waals surface area contributed by atoms with Gasteiger partial charge in [-0.2, -0.15) is 0 Å². The summed E-state index contributed by atoms with van der Waals surface area (Å²) in [5, 5.41) is 25.0. The Kier molecular flexibility index (Phi) is 5.83. The topological polar surface area (TPSA) is 131 Å². The minimum Gasteiger partial charge on any atom is -0.449 e. The third-order valence-electron chi connectivity index (χ3n) is 3.92. The molecule has 0 unspecified atom stereocenters. The van der Waals surface area contributed by atoms with E-state index in [1.807, 2.05) is 25.8 Å². The summed E-state index contributed by atoms with van der Waals surface area (Å²) >= 11 is 0. The molecule has 1 amide bonds. The van der Waals surface area contributed by atoms with Crippen LogP contribution in [0.4, 0.5) is 21.9 Å². The molecule has 0 atom stereocenters. The summed E-state index contributed by atoms with van der Waals surface area (Å²) in [5.41, 5.74) is -1.35. The number of carbonyl (C=O) groups is 1. The van der Waals surface area contributed by atoms with Gasteiger partial charge in [0.05, 0.1) is 23.1 Å². The molecule has 0 saturated carbocycles. The first-order chi connectivity index (χ1) is 12.6. The Balaban J connectivity index is 1.94. The summed E-state index contributed by atoms with van der Waals surface area (Å²) in [5.74, 6) is 0. The van der Waals surface area contributed by atoms with E-state index in [4.69, 9.17) is 4.74 Å². The van der Waals surface area contributed by atoms with Crippen LogP contribution in [0.2, 0.25) is 0 Å². The molecule has 0 aromatic heterocycles. The largest absolute Gasteiger partial charge is 0.449 e. The normalized spacial score (nSPS) is 13.6. The zero-order valence-corrected chi connectivity index (χ0v) is 15.2. The molecule has 2 rings (SSSR count). The summed E-state index contributed by atoms with van der Waals surface area (Å²) in [6.07, 6.45) is 3.35. The Morgan fingerprint density at radius 2 is 1.89 bits per heavy atom. The lowest BCUT2D eigenvalue weighted by Crippen LogP contribution is -2.34. The number of nitro groups is 2. The SMILES string of the molecule is CN1C=CN(C(=O)OCCC(C)(C)Nc2ccc([N+](=O)[O-])c([N+](=O)[O-])c2)C1. The van der Waals surface area contributed by atoms with E-state index in [9.17, 15) is 25.0 Å². The van der Waals surface area contributed by atoms with Crippen molar-refractivity contribution in [2.75, 3.05) is 25.6 Å². The molecule has 1 aliphatic rings. The van der Waals surface area contributed by atoms with Crippen molar-refractivity contribution in [2.45, 2.75) is 25.8 Å². The molecule has 11 heteroatoms. The molecule has 0 radical (unpaired) electrons. The molecule has 1 aliphatic heterocycles. The van der Waals surface area contributed by atoms with Crippen LogP contribution < -0.4 is 5.32 Å². The van der Waals surface area contributed by atoms with Crippen LogP contribution in [0.25, 0.3) is 0 Å². The number of ether oxygens (including phenoxy) is 1. The van der Waals surface area contributed by atoms with Gasteiger partial charge in [0.1, 0.15) is 0 Å². The van der Waals surface area contributed by atoms with E-state index in [-0.39, 0.29) is 6.61 Å². The Labute approximate surface area is 155 Å². The van der Waals surface area contributed by atoms with E-state index < -0.39 is 32.9 Å². The van der Waals surface area contributed by atoms with Crippen molar-refractivity contribution in [2.24, 2.45) is 0 Å². The predicted octanol–water partition coefficient (Wildman–Crippen LogP) is 2.90. The highest BCUT2D eigenvalue weighted by atomic mass is 16.6. The van der Waals surface area contributed by atoms with Crippen LogP contribution in [0.3, 0.4) is 0 Å². The van der Waals surface area contributed by atoms with E-state index in [2.05, 4.69) is 5.32 Å². The van der Waals surface area contributed by atoms with Crippen molar-refractivity contribution >= 4 is 23.2 Å². The van der Waals surface area contributed by atoms with Gasteiger partial charge in [0.15, 0.2) is 0 Å². The Bertz CT molecular complexity index is 779. The van der Waals surface area contributed by atoms with Crippen LogP contribution in [0.5, 0.6) is 0 Å². The average molecular weight is 379 g/mol. The number of hydrogen-bond acceptors (Lipinski definition) is 8. The van der Waals surface area contributed by atoms with E-state index in [0.717, 1.165) is 12.1 Å². The van der Waals surface area contributed by atoms with Gasteiger partial charge in [-0.3, -0.25) is 25.1 Å². The van der Waals surface area contributed by atoms with Gasteiger partial charge < -0.3 is 15.0 Å². The van der Waals surface area contributed by atoms with Crippen LogP contribution in [-0.4, -0.2) is 51.6 Å². The maximum atomic E-state index is 11.9. The van der Waals surface area contributed by atoms with Crippen LogP contribution in [0.15, 0.2) is 30.6 Å². The average Bonchev–Trinajstić information content (AvgIpc) is 3.00. The standard InChI is InChI=1S/C16H21N5O6/c1-16(2,6-9-27-15(22)19-8-7-18(3)11-19)17-12-4-5-13(20(23)24)14(10-12)21(25)26/h4-5,7-8,10,17H,6,9,11H2,1-3H3. The number of benzene rings is 1. The molecule has 27 heavy (non-hydrogen) atoms. The van der Waals surface area contributed by atoms with Gasteiger partial charge in [-0.1, -0.05) is 0 Å². The lowest BCUT2D eigenvalue weighted by Gasteiger charge is -2.27. The van der Waals surface area contributed by atoms with E-state index in [0.29, 0.717) is 18.8 Å². The molecule has 146 valence electrons. The summed E-state index contributed by atoms with van der Waals surface area (Å²) < 4.78 is 5.23. The Morgan fingerprint density at radius 1 is 1.22 bits per heavy atom. The first-order valence-electron chi connectivity index (χ1n) is 8.12. The second kappa shape index (κ2) is 7.89. The molecule has 0 saturated heterocycles. The van der Waals surface area contributed by atoms with Gasteiger partial charge in [0, 0.05) is 49.2 Å². The van der Waals surface area contributed by atoms with Crippen molar-refractivity contribution in [3.05, 3.63) is 50.8 Å². The van der Waals surface area contributed by atoms with Gasteiger partial charge >= 0.3 is 17.5 Å². The summed E-state index contributed by atoms with van der Waals surface area (Å²) in [7, 11) is 1.83. The number of nitrogens with one attached hydrogen (secondary N) is 1. The maximum Gasteiger partial charge on any atom is 0.415 e. The number of hydrogen-bond donors (Lipinski definition) is 1. The number of rotatable bonds is 7. The molecule has 0 aliphatic carbocycles. The fraction of sp³-hybridized carbons (Fsp3) is 0.438. The summed E-state index contributed by atoms with van der Waals surface area (Å²) in [4.78, 5) is 35.5. The van der Waals surface area contributed by atoms with Gasteiger partial charge in [-0.15, -0.1) is 0 Å². The smallest absolute Gasteiger partial charge is 0.415 e. The highest BCUT2D eigenvalue weighted by Crippen LogP contribution is 2.31. The molecule has 11 nitrogen and oxygen atoms in total. The fourth-order valence-electron chi connectivity index (χ4n) is 2.48. The second-order valence-corrected chi connectivity index (χ2v) is 6.76. The van der Waals surface area contributed by atoms with Crippen molar-refractivity contribution in [3.63, 3.8) is 0 Å². The first kappa shape index (κ1) is 19.9. The lowest BCUT2D eigenvalue weighted by molar-refractivity contribution is -0.422. The van der Waals surface area contributed by atoms with Gasteiger partial charge in [-0.05, 0) is 19.9 Å². The molecular weight excluding hydrogens is 358 g/mol. The molecule has 1 aromatic carbocycles. The fourth-order valence-corrected chi connectivity index (χ4v) is 2.48. The van der Waals surface area contributed by atoms with Crippen LogP contribution in [0.1, 0.15) is 20.3 Å². The third-order valence-corrected chi connectivity index (χ3v) is 3.92. The Morgan fingerprint density at radius 3 is 2.44 bits per heavy atom. The second-order valence-electron chi connectivity index (χ2n) is 6.76. The minimum atomic E-state index is -0.795. The number of amides is 1. The van der Waals surface area contributed by atoms with Crippen LogP contribution >= 0.6 is 0 Å². The zero-order chi connectivity index (χ0) is 20.2. The monoisotopic (exact) mass is 379 g/mol. The predicted molar refractivity (Wildman–Crippen MR) is 97.0 cm³/mol. The van der Waals surface area contributed by atoms with Crippen molar-refractivity contribution in [1.29, 1.82) is 0 Å². The number of anilines is 1. The molecule has 1 heterocycles. The summed E-state index contributed by atoms with van der Waals surface area (Å²) in [6, 6.07) is 3.62. The zero-order valence-electron chi connectivity index (χ0n) is 15.2. The van der Waals surface area contributed by atoms with Crippen molar-refractivity contribution in [3.8, 4) is 0 Å². The molecule has 0 spiro atoms. The highest BCUT2D eigenvalue weighted by molar-refractivity contribution is 5.69. The van der Waals surface area contributed by atoms with Gasteiger partial charge in [0.2, 0.25) is 0 Å². The number of nitro benzene ring substituents is 2. The van der Waals surface area contributed by atoms with Crippen molar-refractivity contribution < 1.29 is 19.4 Å². The lowest BCUT2D eigenvalue weighted by atomic mass is 10.0. The number of carbonyl (C=O) groups excluding carboxylic acids is 1. The third kappa shape index (κ3) is 5.30. The van der Waals surface area contributed by atoms with Crippen molar-refractivity contribution in [1.82, 2.24) is 9.80 Å². The quantitative estimate of drug-likeness (QED) is 0.565. The van der Waals surface area contributed by atoms with E-state index >= 15 is 0 Å². The number of nitrogens with zero attached hydrogens (tertiary/aromatic N) is 4. The minimum absolute atomic E-state index is 0.141. The van der Waals surface area contributed by atoms with Gasteiger partial charge in [-0.25, -0.2) is 4.79 Å². The summed E-state index contributed by atoms with van der Waals surface area (Å²) in [6.45, 7) is 4.23. The van der Waals surface area contributed by atoms with Gasteiger partial charge in [0.25, 0.3) is 0 Å². The highest BCUT2D eigenvalue weighted by Gasteiger charge is 2.26. The molecular formula is C16H21N5O6. The van der Waals surface area contributed by atoms with Crippen LogP contribution in [0, 0.1) is 20.2 Å². The molecule has 0 bridgehead atoms. The molecule has 1 N–H and O–H groups in total. The van der Waals surface area contributed by atoms with E-state index in [1.165, 1.54) is 11.0 Å². The first-order valence-corrected chi connectivity index (χ1v) is 8.12. The molecule has 1 aromatic rings. The van der Waals surface area contributed by atoms with Crippen LogP contribution in [-0.2, 0) is 4.74 Å². The Hall–Kier alpha value is -3.37. The maximum absolute atomic E-state index is 11.9.